The molecule has 0 aromatic rings. The highest BCUT2D eigenvalue weighted by atomic mass is 79.9. The lowest BCUT2D eigenvalue weighted by Gasteiger charge is -2.36. The summed E-state index contributed by atoms with van der Waals surface area (Å²) in [5.41, 5.74) is 1.23. The molecule has 0 spiro atoms. The number of hydrogen-bond acceptors (Lipinski definition) is 1. The van der Waals surface area contributed by atoms with Gasteiger partial charge in [-0.15, -0.1) is 0 Å². The lowest BCUT2D eigenvalue weighted by atomic mass is 9.81. The van der Waals surface area contributed by atoms with Crippen LogP contribution in [0.2, 0.25) is 0 Å². The van der Waals surface area contributed by atoms with Gasteiger partial charge in [0.2, 0.25) is 0 Å². The van der Waals surface area contributed by atoms with Crippen LogP contribution in [0, 0.1) is 0 Å². The van der Waals surface area contributed by atoms with Gasteiger partial charge in [-0.3, -0.25) is 0 Å². The number of halogens is 1. The van der Waals surface area contributed by atoms with Crippen molar-refractivity contribution in [2.45, 2.75) is 17.2 Å². The number of hydrogen-bond donors (Lipinski definition) is 1. The van der Waals surface area contributed by atoms with E-state index >= 15 is 0 Å². The van der Waals surface area contributed by atoms with Gasteiger partial charge in [-0.05, 0) is 12.8 Å². The van der Waals surface area contributed by atoms with E-state index in [2.05, 4.69) is 22.5 Å². The number of rotatable bonds is 1. The molecule has 46 valence electrons. The average molecular weight is 177 g/mol. The fourth-order valence-electron chi connectivity index (χ4n) is 0.956. The van der Waals surface area contributed by atoms with Gasteiger partial charge in [-0.1, -0.05) is 28.1 Å². The van der Waals surface area contributed by atoms with Crippen LogP contribution in [0.15, 0.2) is 12.2 Å². The summed E-state index contributed by atoms with van der Waals surface area (Å²) < 4.78 is 0.00405. The smallest absolute Gasteiger partial charge is 0.0590 e. The summed E-state index contributed by atoms with van der Waals surface area (Å²) in [5.74, 6) is 0. The van der Waals surface area contributed by atoms with Crippen molar-refractivity contribution in [3.05, 3.63) is 12.2 Å². The predicted octanol–water partition coefficient (Wildman–Crippen LogP) is 1.46. The molecular formula is C6H9BrO. The fraction of sp³-hybridized carbons (Fsp3) is 0.667. The third kappa shape index (κ3) is 0.955. The maximum absolute atomic E-state index is 8.68. The molecule has 1 fully saturated rings. The third-order valence-corrected chi connectivity index (χ3v) is 2.23. The van der Waals surface area contributed by atoms with Gasteiger partial charge in [0.05, 0.1) is 10.9 Å². The summed E-state index contributed by atoms with van der Waals surface area (Å²) in [6.07, 6.45) is 1.87. The second-order valence-electron chi connectivity index (χ2n) is 2.41. The van der Waals surface area contributed by atoms with Crippen LogP contribution in [0.3, 0.4) is 0 Å². The minimum Gasteiger partial charge on any atom is -0.395 e. The molecule has 1 nitrogen and oxygen atoms in total. The molecular weight excluding hydrogens is 168 g/mol. The topological polar surface area (TPSA) is 20.2 Å². The fourth-order valence-corrected chi connectivity index (χ4v) is 1.75. The molecule has 0 heterocycles. The maximum atomic E-state index is 8.68. The molecule has 1 rings (SSSR count). The summed E-state index contributed by atoms with van der Waals surface area (Å²) in [4.78, 5) is 0. The van der Waals surface area contributed by atoms with Crippen LogP contribution in [0.4, 0.5) is 0 Å². The molecule has 0 atom stereocenters. The summed E-state index contributed by atoms with van der Waals surface area (Å²) >= 11 is 3.40. The minimum absolute atomic E-state index is 0.00405. The van der Waals surface area contributed by atoms with Crippen LogP contribution in [0.25, 0.3) is 0 Å². The van der Waals surface area contributed by atoms with Gasteiger partial charge >= 0.3 is 0 Å². The van der Waals surface area contributed by atoms with Gasteiger partial charge in [0.25, 0.3) is 0 Å². The van der Waals surface area contributed by atoms with Crippen LogP contribution in [-0.4, -0.2) is 16.0 Å². The van der Waals surface area contributed by atoms with Gasteiger partial charge in [-0.2, -0.15) is 0 Å². The van der Waals surface area contributed by atoms with Crippen LogP contribution in [0.5, 0.6) is 0 Å². The molecule has 0 radical (unpaired) electrons. The largest absolute Gasteiger partial charge is 0.395 e. The Hall–Kier alpha value is 0.180. The molecule has 0 aliphatic heterocycles. The first-order valence-corrected chi connectivity index (χ1v) is 3.42. The zero-order valence-corrected chi connectivity index (χ0v) is 6.24. The summed E-state index contributed by atoms with van der Waals surface area (Å²) in [6.45, 7) is 3.99. The van der Waals surface area contributed by atoms with Crippen LogP contribution in [-0.2, 0) is 0 Å². The Kier molecular flexibility index (Phi) is 1.46. The van der Waals surface area contributed by atoms with Gasteiger partial charge in [0.1, 0.15) is 0 Å². The van der Waals surface area contributed by atoms with Crippen LogP contribution >= 0.6 is 15.9 Å². The standard InChI is InChI=1S/C6H9BrO/c1-5-2-6(7,3-5)4-8/h8H,1-4H2. The predicted molar refractivity (Wildman–Crippen MR) is 37.1 cm³/mol. The van der Waals surface area contributed by atoms with E-state index in [-0.39, 0.29) is 10.9 Å². The van der Waals surface area contributed by atoms with Crippen molar-refractivity contribution in [1.82, 2.24) is 0 Å². The Balaban J connectivity index is 2.40. The highest BCUT2D eigenvalue weighted by Crippen LogP contribution is 2.42. The lowest BCUT2D eigenvalue weighted by Crippen LogP contribution is -2.35. The van der Waals surface area contributed by atoms with Gasteiger partial charge in [0.15, 0.2) is 0 Å². The summed E-state index contributed by atoms with van der Waals surface area (Å²) in [7, 11) is 0. The van der Waals surface area contributed by atoms with Crippen molar-refractivity contribution in [3.63, 3.8) is 0 Å². The van der Waals surface area contributed by atoms with Crippen molar-refractivity contribution in [1.29, 1.82) is 0 Å². The molecule has 0 amide bonds. The molecule has 1 saturated carbocycles. The zero-order valence-electron chi connectivity index (χ0n) is 4.65. The van der Waals surface area contributed by atoms with E-state index in [1.807, 2.05) is 0 Å². The number of allylic oxidation sites excluding steroid dienone is 1. The number of aliphatic hydroxyl groups excluding tert-OH is 1. The first kappa shape index (κ1) is 6.30. The lowest BCUT2D eigenvalue weighted by molar-refractivity contribution is 0.226. The van der Waals surface area contributed by atoms with Crippen molar-refractivity contribution >= 4 is 15.9 Å². The molecule has 1 N–H and O–H groups in total. The van der Waals surface area contributed by atoms with E-state index in [0.29, 0.717) is 0 Å². The van der Waals surface area contributed by atoms with Crippen LogP contribution < -0.4 is 0 Å². The highest BCUT2D eigenvalue weighted by molar-refractivity contribution is 9.10. The van der Waals surface area contributed by atoms with Crippen molar-refractivity contribution in [2.75, 3.05) is 6.61 Å². The Morgan fingerprint density at radius 1 is 1.75 bits per heavy atom. The summed E-state index contributed by atoms with van der Waals surface area (Å²) in [6, 6.07) is 0. The molecule has 0 aromatic heterocycles. The van der Waals surface area contributed by atoms with E-state index in [1.54, 1.807) is 0 Å². The third-order valence-electron chi connectivity index (χ3n) is 1.42. The SMILES string of the molecule is C=C1CC(Br)(CO)C1. The molecule has 1 aliphatic rings. The van der Waals surface area contributed by atoms with E-state index in [0.717, 1.165) is 12.8 Å². The first-order valence-electron chi connectivity index (χ1n) is 2.63. The van der Waals surface area contributed by atoms with E-state index < -0.39 is 0 Å². The number of aliphatic hydroxyl groups is 1. The molecule has 0 aromatic carbocycles. The van der Waals surface area contributed by atoms with Crippen LogP contribution in [0.1, 0.15) is 12.8 Å². The van der Waals surface area contributed by atoms with Gasteiger partial charge in [-0.25, -0.2) is 0 Å². The minimum atomic E-state index is 0.00405. The Morgan fingerprint density at radius 3 is 2.38 bits per heavy atom. The molecule has 1 aliphatic carbocycles. The van der Waals surface area contributed by atoms with Crippen molar-refractivity contribution in [3.8, 4) is 0 Å². The normalized spacial score (nSPS) is 25.0. The van der Waals surface area contributed by atoms with E-state index in [9.17, 15) is 0 Å². The van der Waals surface area contributed by atoms with E-state index in [4.69, 9.17) is 5.11 Å². The Morgan fingerprint density at radius 2 is 2.25 bits per heavy atom. The maximum Gasteiger partial charge on any atom is 0.0590 e. The molecule has 0 bridgehead atoms. The van der Waals surface area contributed by atoms with Gasteiger partial charge in [0, 0.05) is 0 Å². The highest BCUT2D eigenvalue weighted by Gasteiger charge is 2.35. The Labute approximate surface area is 57.5 Å². The van der Waals surface area contributed by atoms with E-state index in [1.165, 1.54) is 5.57 Å². The molecule has 8 heavy (non-hydrogen) atoms. The molecule has 0 saturated heterocycles. The average Bonchev–Trinajstić information content (AvgIpc) is 1.63. The summed E-state index contributed by atoms with van der Waals surface area (Å²) in [5, 5.41) is 8.68. The first-order chi connectivity index (χ1) is 3.66. The van der Waals surface area contributed by atoms with Gasteiger partial charge < -0.3 is 5.11 Å². The molecule has 0 unspecified atom stereocenters. The second kappa shape index (κ2) is 1.85. The van der Waals surface area contributed by atoms with Crippen molar-refractivity contribution < 1.29 is 5.11 Å². The monoisotopic (exact) mass is 176 g/mol. The zero-order chi connectivity index (χ0) is 6.20. The van der Waals surface area contributed by atoms with Crippen molar-refractivity contribution in [2.24, 2.45) is 0 Å². The number of alkyl halides is 1. The quantitative estimate of drug-likeness (QED) is 0.474. The Bertz CT molecular complexity index is 112. The second-order valence-corrected chi connectivity index (χ2v) is 4.09. The molecule has 2 heteroatoms.